The molecule has 1 aliphatic rings. The van der Waals surface area contributed by atoms with E-state index in [0.717, 1.165) is 17.5 Å². The minimum Gasteiger partial charge on any atom is -0.481 e. The lowest BCUT2D eigenvalue weighted by Crippen LogP contribution is -2.54. The Hall–Kier alpha value is -2.61. The Kier molecular flexibility index (Phi) is 8.72. The van der Waals surface area contributed by atoms with Crippen molar-refractivity contribution in [3.05, 3.63) is 69.7 Å². The summed E-state index contributed by atoms with van der Waals surface area (Å²) in [4.78, 5) is 37.8. The van der Waals surface area contributed by atoms with E-state index in [2.05, 4.69) is 5.32 Å². The van der Waals surface area contributed by atoms with E-state index in [1.807, 2.05) is 31.2 Å². The molecule has 0 spiro atoms. The second-order valence-electron chi connectivity index (χ2n) is 7.90. The van der Waals surface area contributed by atoms with Gasteiger partial charge in [-0.15, -0.1) is 0 Å². The Morgan fingerprint density at radius 1 is 1.09 bits per heavy atom. The lowest BCUT2D eigenvalue weighted by atomic mass is 9.90. The SMILES string of the molecule is CCC[C@H](CNC(=O)CC(=O)O)N1C(=O)CO[C@H](c2ccc(Cl)cc2)[C@@H]1c1ccc(Cl)cc1. The molecule has 33 heavy (non-hydrogen) atoms. The summed E-state index contributed by atoms with van der Waals surface area (Å²) in [6, 6.07) is 13.7. The number of carboxylic acid groups (broad SMARTS) is 1. The summed E-state index contributed by atoms with van der Waals surface area (Å²) in [6.45, 7) is 2.02. The van der Waals surface area contributed by atoms with Crippen LogP contribution in [0, 0.1) is 0 Å². The molecule has 9 heteroatoms. The van der Waals surface area contributed by atoms with Crippen molar-refractivity contribution in [3.63, 3.8) is 0 Å². The Balaban J connectivity index is 1.98. The summed E-state index contributed by atoms with van der Waals surface area (Å²) in [5.41, 5.74) is 1.70. The molecule has 0 saturated carbocycles. The normalized spacial score (nSPS) is 19.2. The van der Waals surface area contributed by atoms with E-state index < -0.39 is 30.4 Å². The van der Waals surface area contributed by atoms with Crippen molar-refractivity contribution in [1.29, 1.82) is 0 Å². The number of aliphatic carboxylic acids is 1. The van der Waals surface area contributed by atoms with E-state index in [-0.39, 0.29) is 25.1 Å². The third-order valence-electron chi connectivity index (χ3n) is 5.53. The van der Waals surface area contributed by atoms with Gasteiger partial charge in [0.25, 0.3) is 0 Å². The molecule has 0 bridgehead atoms. The molecule has 2 aromatic carbocycles. The number of nitrogens with zero attached hydrogens (tertiary/aromatic N) is 1. The molecule has 3 rings (SSSR count). The number of amides is 2. The van der Waals surface area contributed by atoms with Crippen LogP contribution in [0.4, 0.5) is 0 Å². The average molecular weight is 493 g/mol. The van der Waals surface area contributed by atoms with Crippen LogP contribution in [0.3, 0.4) is 0 Å². The molecule has 2 amide bonds. The monoisotopic (exact) mass is 492 g/mol. The van der Waals surface area contributed by atoms with Gasteiger partial charge in [-0.1, -0.05) is 60.8 Å². The van der Waals surface area contributed by atoms with Crippen LogP contribution in [0.15, 0.2) is 48.5 Å². The highest BCUT2D eigenvalue weighted by Crippen LogP contribution is 2.42. The maximum Gasteiger partial charge on any atom is 0.312 e. The van der Waals surface area contributed by atoms with Gasteiger partial charge in [-0.05, 0) is 41.8 Å². The summed E-state index contributed by atoms with van der Waals surface area (Å²) in [7, 11) is 0. The molecule has 1 fully saturated rings. The van der Waals surface area contributed by atoms with Crippen molar-refractivity contribution in [2.75, 3.05) is 13.2 Å². The Bertz CT molecular complexity index is 981. The standard InChI is InChI=1S/C24H26Cl2N2O5/c1-2-3-19(13-27-20(29)12-22(31)32)28-21(30)14-33-24(16-6-10-18(26)11-7-16)23(28)15-4-8-17(25)9-5-15/h4-11,19,23-24H,2-3,12-14H2,1H3,(H,27,29)(H,31,32)/t19-,23+,24-/m1/s1. The van der Waals surface area contributed by atoms with Gasteiger partial charge in [0, 0.05) is 22.6 Å². The van der Waals surface area contributed by atoms with E-state index >= 15 is 0 Å². The smallest absolute Gasteiger partial charge is 0.312 e. The first kappa shape index (κ1) is 25.0. The molecule has 2 N–H and O–H groups in total. The molecule has 7 nitrogen and oxygen atoms in total. The number of nitrogens with one attached hydrogen (secondary N) is 1. The van der Waals surface area contributed by atoms with E-state index in [9.17, 15) is 14.4 Å². The van der Waals surface area contributed by atoms with E-state index in [4.69, 9.17) is 33.0 Å². The summed E-state index contributed by atoms with van der Waals surface area (Å²) < 4.78 is 6.02. The molecule has 1 aliphatic heterocycles. The highest BCUT2D eigenvalue weighted by Gasteiger charge is 2.42. The molecular weight excluding hydrogens is 467 g/mol. The number of benzene rings is 2. The van der Waals surface area contributed by atoms with Gasteiger partial charge in [0.05, 0.1) is 6.04 Å². The molecule has 0 aromatic heterocycles. The van der Waals surface area contributed by atoms with Crippen LogP contribution >= 0.6 is 23.2 Å². The molecule has 0 aliphatic carbocycles. The predicted molar refractivity (Wildman–Crippen MR) is 125 cm³/mol. The highest BCUT2D eigenvalue weighted by atomic mass is 35.5. The summed E-state index contributed by atoms with van der Waals surface area (Å²) in [5, 5.41) is 12.7. The van der Waals surface area contributed by atoms with Crippen LogP contribution in [0.5, 0.6) is 0 Å². The fourth-order valence-electron chi connectivity index (χ4n) is 4.09. The summed E-state index contributed by atoms with van der Waals surface area (Å²) >= 11 is 12.2. The van der Waals surface area contributed by atoms with Crippen molar-refractivity contribution < 1.29 is 24.2 Å². The lowest BCUT2D eigenvalue weighted by molar-refractivity contribution is -0.163. The first-order valence-electron chi connectivity index (χ1n) is 10.7. The van der Waals surface area contributed by atoms with Gasteiger partial charge in [-0.25, -0.2) is 0 Å². The Labute approximate surface area is 202 Å². The van der Waals surface area contributed by atoms with Crippen LogP contribution in [0.2, 0.25) is 10.0 Å². The van der Waals surface area contributed by atoms with Crippen molar-refractivity contribution in [2.24, 2.45) is 0 Å². The van der Waals surface area contributed by atoms with Gasteiger partial charge >= 0.3 is 5.97 Å². The van der Waals surface area contributed by atoms with E-state index in [1.165, 1.54) is 0 Å². The summed E-state index contributed by atoms with van der Waals surface area (Å²) in [5.74, 6) is -2.00. The third-order valence-corrected chi connectivity index (χ3v) is 6.04. The number of rotatable bonds is 9. The fourth-order valence-corrected chi connectivity index (χ4v) is 4.34. The zero-order valence-corrected chi connectivity index (χ0v) is 19.7. The first-order chi connectivity index (χ1) is 15.8. The van der Waals surface area contributed by atoms with Crippen LogP contribution < -0.4 is 5.32 Å². The molecular formula is C24H26Cl2N2O5. The number of carboxylic acids is 1. The molecule has 1 heterocycles. The minimum absolute atomic E-state index is 0.110. The number of halogens is 2. The maximum atomic E-state index is 13.2. The predicted octanol–water partition coefficient (Wildman–Crippen LogP) is 4.39. The van der Waals surface area contributed by atoms with Crippen LogP contribution in [-0.4, -0.2) is 47.0 Å². The van der Waals surface area contributed by atoms with E-state index in [1.54, 1.807) is 29.2 Å². The largest absolute Gasteiger partial charge is 0.481 e. The Morgan fingerprint density at radius 3 is 2.21 bits per heavy atom. The maximum absolute atomic E-state index is 13.2. The van der Waals surface area contributed by atoms with Crippen LogP contribution in [-0.2, 0) is 19.1 Å². The third kappa shape index (κ3) is 6.47. The minimum atomic E-state index is -1.20. The number of carbonyl (C=O) groups is 3. The van der Waals surface area contributed by atoms with Crippen molar-refractivity contribution in [3.8, 4) is 0 Å². The zero-order chi connectivity index (χ0) is 24.0. The molecule has 3 atom stereocenters. The van der Waals surface area contributed by atoms with Crippen molar-refractivity contribution in [1.82, 2.24) is 10.2 Å². The number of hydrogen-bond donors (Lipinski definition) is 2. The van der Waals surface area contributed by atoms with Gasteiger partial charge in [0.2, 0.25) is 11.8 Å². The van der Waals surface area contributed by atoms with Crippen LogP contribution in [0.25, 0.3) is 0 Å². The Morgan fingerprint density at radius 2 is 1.67 bits per heavy atom. The van der Waals surface area contributed by atoms with Gasteiger partial charge < -0.3 is 20.1 Å². The van der Waals surface area contributed by atoms with Crippen molar-refractivity contribution >= 4 is 41.0 Å². The quantitative estimate of drug-likeness (QED) is 0.505. The fraction of sp³-hybridized carbons (Fsp3) is 0.375. The zero-order valence-electron chi connectivity index (χ0n) is 18.2. The van der Waals surface area contributed by atoms with Crippen LogP contribution in [0.1, 0.15) is 49.5 Å². The summed E-state index contributed by atoms with van der Waals surface area (Å²) in [6.07, 6.45) is 0.305. The molecule has 0 radical (unpaired) electrons. The van der Waals surface area contributed by atoms with Crippen molar-refractivity contribution in [2.45, 2.75) is 44.4 Å². The number of hydrogen-bond acceptors (Lipinski definition) is 4. The number of morpholine rings is 1. The van der Waals surface area contributed by atoms with E-state index in [0.29, 0.717) is 16.5 Å². The molecule has 2 aromatic rings. The number of carbonyl (C=O) groups excluding carboxylic acids is 2. The van der Waals surface area contributed by atoms with Gasteiger partial charge in [-0.2, -0.15) is 0 Å². The molecule has 1 saturated heterocycles. The topological polar surface area (TPSA) is 95.9 Å². The average Bonchev–Trinajstić information content (AvgIpc) is 2.77. The number of ether oxygens (including phenoxy) is 1. The van der Waals surface area contributed by atoms with Gasteiger partial charge in [0.15, 0.2) is 0 Å². The second-order valence-corrected chi connectivity index (χ2v) is 8.77. The van der Waals surface area contributed by atoms with Gasteiger partial charge in [-0.3, -0.25) is 14.4 Å². The second kappa shape index (κ2) is 11.5. The molecule has 176 valence electrons. The van der Waals surface area contributed by atoms with Gasteiger partial charge in [0.1, 0.15) is 19.1 Å². The highest BCUT2D eigenvalue weighted by molar-refractivity contribution is 6.30. The first-order valence-corrected chi connectivity index (χ1v) is 11.5. The molecule has 0 unspecified atom stereocenters. The lowest BCUT2D eigenvalue weighted by Gasteiger charge is -2.45.